The highest BCUT2D eigenvalue weighted by atomic mass is 79.9. The van der Waals surface area contributed by atoms with Crippen molar-refractivity contribution >= 4 is 38.6 Å². The Morgan fingerprint density at radius 1 is 1.47 bits per heavy atom. The maximum atomic E-state index is 10.7. The highest BCUT2D eigenvalue weighted by Gasteiger charge is 2.11. The number of aromatic nitrogens is 2. The number of hydrogen-bond acceptors (Lipinski definition) is 3. The predicted molar refractivity (Wildman–Crippen MR) is 73.2 cm³/mol. The van der Waals surface area contributed by atoms with Gasteiger partial charge < -0.3 is 4.57 Å². The molecule has 0 atom stereocenters. The largest absolute Gasteiger partial charge is 0.306 e. The van der Waals surface area contributed by atoms with Crippen molar-refractivity contribution in [1.29, 1.82) is 0 Å². The number of halogens is 2. The minimum atomic E-state index is -0.404. The molecule has 0 saturated carbocycles. The van der Waals surface area contributed by atoms with Gasteiger partial charge in [0.15, 0.2) is 0 Å². The zero-order valence-corrected chi connectivity index (χ0v) is 11.9. The number of alkyl halides is 1. The first-order valence-electron chi connectivity index (χ1n) is 4.54. The lowest BCUT2D eigenvalue weighted by Gasteiger charge is -2.07. The van der Waals surface area contributed by atoms with Gasteiger partial charge in [-0.1, -0.05) is 15.9 Å². The van der Waals surface area contributed by atoms with E-state index in [9.17, 15) is 10.1 Å². The molecule has 0 radical (unpaired) electrons. The van der Waals surface area contributed by atoms with Crippen LogP contribution in [-0.2, 0) is 5.33 Å². The molecule has 0 saturated heterocycles. The van der Waals surface area contributed by atoms with E-state index in [0.717, 1.165) is 11.3 Å². The molecule has 2 aromatic rings. The molecule has 0 spiro atoms. The second-order valence-corrected chi connectivity index (χ2v) is 3.73. The molecule has 7 heteroatoms. The van der Waals surface area contributed by atoms with Gasteiger partial charge in [-0.2, -0.15) is 0 Å². The Bertz CT molecular complexity index is 514. The molecule has 0 aliphatic rings. The van der Waals surface area contributed by atoms with E-state index in [1.54, 1.807) is 29.4 Å². The first-order chi connectivity index (χ1) is 7.72. The summed E-state index contributed by atoms with van der Waals surface area (Å²) in [6.45, 7) is 0. The van der Waals surface area contributed by atoms with Gasteiger partial charge in [0.1, 0.15) is 0 Å². The Morgan fingerprint density at radius 3 is 2.76 bits per heavy atom. The van der Waals surface area contributed by atoms with Gasteiger partial charge in [0, 0.05) is 29.9 Å². The van der Waals surface area contributed by atoms with E-state index in [4.69, 9.17) is 0 Å². The summed E-state index contributed by atoms with van der Waals surface area (Å²) in [6.07, 6.45) is 5.01. The Kier molecular flexibility index (Phi) is 4.83. The van der Waals surface area contributed by atoms with Crippen molar-refractivity contribution in [3.63, 3.8) is 0 Å². The molecule has 0 bridgehead atoms. The van der Waals surface area contributed by atoms with E-state index in [2.05, 4.69) is 20.9 Å². The molecule has 0 unspecified atom stereocenters. The van der Waals surface area contributed by atoms with Crippen LogP contribution < -0.4 is 0 Å². The van der Waals surface area contributed by atoms with Gasteiger partial charge in [-0.05, 0) is 11.6 Å². The lowest BCUT2D eigenvalue weighted by molar-refractivity contribution is -0.384. The van der Waals surface area contributed by atoms with Crippen LogP contribution in [0.25, 0.3) is 5.69 Å². The molecule has 90 valence electrons. The molecule has 17 heavy (non-hydrogen) atoms. The van der Waals surface area contributed by atoms with Gasteiger partial charge in [-0.25, -0.2) is 4.98 Å². The van der Waals surface area contributed by atoms with Crippen molar-refractivity contribution in [2.45, 2.75) is 5.33 Å². The number of nitro benzene ring substituents is 1. The van der Waals surface area contributed by atoms with E-state index in [1.165, 1.54) is 12.1 Å². The summed E-state index contributed by atoms with van der Waals surface area (Å²) in [7, 11) is 0. The molecule has 0 aliphatic carbocycles. The van der Waals surface area contributed by atoms with Gasteiger partial charge in [-0.15, -0.1) is 17.0 Å². The maximum absolute atomic E-state index is 10.7. The molecule has 0 amide bonds. The second-order valence-electron chi connectivity index (χ2n) is 3.17. The first kappa shape index (κ1) is 13.9. The van der Waals surface area contributed by atoms with Crippen LogP contribution in [0.5, 0.6) is 0 Å². The third-order valence-corrected chi connectivity index (χ3v) is 2.81. The summed E-state index contributed by atoms with van der Waals surface area (Å²) < 4.78 is 1.75. The fraction of sp³-hybridized carbons (Fsp3) is 0.100. The monoisotopic (exact) mass is 361 g/mol. The summed E-state index contributed by atoms with van der Waals surface area (Å²) in [5.41, 5.74) is 1.82. The summed E-state index contributed by atoms with van der Waals surface area (Å²) in [5.74, 6) is 0. The smallest absolute Gasteiger partial charge is 0.271 e. The number of rotatable bonds is 3. The normalized spacial score (nSPS) is 9.71. The van der Waals surface area contributed by atoms with E-state index in [-0.39, 0.29) is 22.7 Å². The standard InChI is InChI=1S/C10H8BrN3O2.BrH/c11-6-8-1-2-9(14(15)16)5-10(8)13-4-3-12-7-13;/h1-5,7H,6H2;1H. The van der Waals surface area contributed by atoms with E-state index in [1.807, 2.05) is 0 Å². The van der Waals surface area contributed by atoms with Crippen molar-refractivity contribution in [3.05, 3.63) is 52.6 Å². The number of benzene rings is 1. The SMILES string of the molecule is Br.O=[N+]([O-])c1ccc(CBr)c(-n2ccnc2)c1. The second kappa shape index (κ2) is 5.92. The Labute approximate surface area is 117 Å². The zero-order chi connectivity index (χ0) is 11.5. The van der Waals surface area contributed by atoms with Gasteiger partial charge in [0.25, 0.3) is 5.69 Å². The summed E-state index contributed by atoms with van der Waals surface area (Å²) in [5, 5.41) is 11.3. The van der Waals surface area contributed by atoms with E-state index in [0.29, 0.717) is 5.33 Å². The predicted octanol–water partition coefficient (Wildman–Crippen LogP) is 3.25. The Hall–Kier alpha value is -1.21. The molecular formula is C10H9Br2N3O2. The van der Waals surface area contributed by atoms with Gasteiger partial charge in [0.2, 0.25) is 0 Å². The number of nitro groups is 1. The summed E-state index contributed by atoms with van der Waals surface area (Å²) in [4.78, 5) is 14.2. The minimum Gasteiger partial charge on any atom is -0.306 e. The maximum Gasteiger partial charge on any atom is 0.271 e. The van der Waals surface area contributed by atoms with Crippen LogP contribution in [0.3, 0.4) is 0 Å². The molecule has 0 aliphatic heterocycles. The molecule has 1 aromatic carbocycles. The van der Waals surface area contributed by atoms with E-state index >= 15 is 0 Å². The third kappa shape index (κ3) is 2.92. The van der Waals surface area contributed by atoms with Crippen LogP contribution in [0.1, 0.15) is 5.56 Å². The molecular weight excluding hydrogens is 354 g/mol. The molecule has 1 heterocycles. The van der Waals surface area contributed by atoms with Gasteiger partial charge >= 0.3 is 0 Å². The average molecular weight is 363 g/mol. The lowest BCUT2D eigenvalue weighted by Crippen LogP contribution is -1.98. The third-order valence-electron chi connectivity index (χ3n) is 2.21. The quantitative estimate of drug-likeness (QED) is 0.478. The van der Waals surface area contributed by atoms with Crippen LogP contribution in [0, 0.1) is 10.1 Å². The van der Waals surface area contributed by atoms with Crippen LogP contribution >= 0.6 is 32.9 Å². The molecule has 0 N–H and O–H groups in total. The highest BCUT2D eigenvalue weighted by Crippen LogP contribution is 2.23. The summed E-state index contributed by atoms with van der Waals surface area (Å²) in [6, 6.07) is 4.78. The number of nitrogens with zero attached hydrogens (tertiary/aromatic N) is 3. The zero-order valence-electron chi connectivity index (χ0n) is 8.62. The van der Waals surface area contributed by atoms with Gasteiger partial charge in [0.05, 0.1) is 16.9 Å². The molecule has 2 rings (SSSR count). The van der Waals surface area contributed by atoms with Crippen LogP contribution in [-0.4, -0.2) is 14.5 Å². The fourth-order valence-electron chi connectivity index (χ4n) is 1.42. The van der Waals surface area contributed by atoms with Gasteiger partial charge in [-0.3, -0.25) is 10.1 Å². The molecule has 5 nitrogen and oxygen atoms in total. The Balaban J connectivity index is 0.00000144. The number of non-ortho nitro benzene ring substituents is 1. The van der Waals surface area contributed by atoms with Crippen LogP contribution in [0.2, 0.25) is 0 Å². The van der Waals surface area contributed by atoms with Crippen LogP contribution in [0.15, 0.2) is 36.9 Å². The minimum absolute atomic E-state index is 0. The number of hydrogen-bond donors (Lipinski definition) is 0. The average Bonchev–Trinajstić information content (AvgIpc) is 2.81. The summed E-state index contributed by atoms with van der Waals surface area (Å²) >= 11 is 3.35. The van der Waals surface area contributed by atoms with Crippen LogP contribution in [0.4, 0.5) is 5.69 Å². The fourth-order valence-corrected chi connectivity index (χ4v) is 1.89. The molecule has 0 fully saturated rings. The highest BCUT2D eigenvalue weighted by molar-refractivity contribution is 9.08. The number of imidazole rings is 1. The first-order valence-corrected chi connectivity index (χ1v) is 5.66. The van der Waals surface area contributed by atoms with Crippen molar-refractivity contribution in [1.82, 2.24) is 9.55 Å². The van der Waals surface area contributed by atoms with Crippen molar-refractivity contribution in [3.8, 4) is 5.69 Å². The Morgan fingerprint density at radius 2 is 2.24 bits per heavy atom. The van der Waals surface area contributed by atoms with Crippen molar-refractivity contribution in [2.75, 3.05) is 0 Å². The topological polar surface area (TPSA) is 61.0 Å². The molecule has 1 aromatic heterocycles. The van der Waals surface area contributed by atoms with Crippen molar-refractivity contribution in [2.24, 2.45) is 0 Å². The van der Waals surface area contributed by atoms with E-state index < -0.39 is 4.92 Å². The van der Waals surface area contributed by atoms with Crippen molar-refractivity contribution < 1.29 is 4.92 Å². The lowest BCUT2D eigenvalue weighted by atomic mass is 10.2.